The molecule has 0 atom stereocenters. The lowest BCUT2D eigenvalue weighted by molar-refractivity contribution is -0.159. The largest absolute Gasteiger partial charge is 0.462 e. The Morgan fingerprint density at radius 3 is 1.76 bits per heavy atom. The second kappa shape index (κ2) is 6.56. The highest BCUT2D eigenvalue weighted by Gasteiger charge is 2.28. The van der Waals surface area contributed by atoms with Crippen LogP contribution in [0.5, 0.6) is 0 Å². The van der Waals surface area contributed by atoms with Gasteiger partial charge in [-0.15, -0.1) is 0 Å². The third-order valence-corrected chi connectivity index (χ3v) is 2.91. The van der Waals surface area contributed by atoms with Gasteiger partial charge in [0.15, 0.2) is 0 Å². The van der Waals surface area contributed by atoms with Crippen molar-refractivity contribution in [1.29, 1.82) is 0 Å². The predicted molar refractivity (Wildman–Crippen MR) is 74.1 cm³/mol. The van der Waals surface area contributed by atoms with E-state index >= 15 is 0 Å². The summed E-state index contributed by atoms with van der Waals surface area (Å²) in [5.41, 5.74) is -0.480. The van der Waals surface area contributed by atoms with Gasteiger partial charge in [-0.25, -0.2) is 0 Å². The summed E-state index contributed by atoms with van der Waals surface area (Å²) >= 11 is 2.00. The molecular weight excluding hydrogens is 335 g/mol. The molecule has 0 N–H and O–H groups in total. The minimum atomic E-state index is -0.551. The van der Waals surface area contributed by atoms with Crippen molar-refractivity contribution in [1.82, 2.24) is 0 Å². The molecule has 0 fully saturated rings. The van der Waals surface area contributed by atoms with Crippen molar-refractivity contribution in [3.63, 3.8) is 0 Å². The van der Waals surface area contributed by atoms with Crippen LogP contribution in [0.1, 0.15) is 41.0 Å². The summed E-state index contributed by atoms with van der Waals surface area (Å²) in [6, 6.07) is 0. The summed E-state index contributed by atoms with van der Waals surface area (Å²) in [4.78, 5) is 23.0. The van der Waals surface area contributed by atoms with E-state index in [1.807, 2.05) is 43.4 Å². The van der Waals surface area contributed by atoms with Gasteiger partial charge >= 0.3 is 11.9 Å². The van der Waals surface area contributed by atoms with Gasteiger partial charge in [0, 0.05) is 0 Å². The number of carbonyl (C=O) groups is 2. The Morgan fingerprint density at radius 2 is 1.41 bits per heavy atom. The normalized spacial score (nSPS) is 12.1. The molecule has 0 spiro atoms. The molecule has 0 aliphatic carbocycles. The van der Waals surface area contributed by atoms with E-state index in [0.29, 0.717) is 6.42 Å². The molecule has 4 nitrogen and oxygen atoms in total. The Balaban J connectivity index is 3.88. The average molecular weight is 356 g/mol. The molecule has 0 saturated heterocycles. The van der Waals surface area contributed by atoms with Gasteiger partial charge in [0.05, 0.1) is 5.41 Å². The highest BCUT2D eigenvalue weighted by Crippen LogP contribution is 2.21. The van der Waals surface area contributed by atoms with Crippen molar-refractivity contribution in [2.75, 3.05) is 13.2 Å². The maximum Gasteiger partial charge on any atom is 0.321 e. The van der Waals surface area contributed by atoms with Gasteiger partial charge in [-0.05, 0) is 34.1 Å². The average Bonchev–Trinajstić information content (AvgIpc) is 2.22. The number of carbonyl (C=O) groups excluding carboxylic acids is 2. The molecular formula is C12H21IO4. The summed E-state index contributed by atoms with van der Waals surface area (Å²) in [5.74, 6) is -0.561. The third-order valence-electron chi connectivity index (χ3n) is 2.47. The van der Waals surface area contributed by atoms with Gasteiger partial charge in [0.1, 0.15) is 16.6 Å². The topological polar surface area (TPSA) is 52.6 Å². The smallest absolute Gasteiger partial charge is 0.321 e. The van der Waals surface area contributed by atoms with Crippen molar-refractivity contribution in [3.8, 4) is 0 Å². The van der Waals surface area contributed by atoms with Gasteiger partial charge in [-0.1, -0.05) is 29.5 Å². The quantitative estimate of drug-likeness (QED) is 0.318. The zero-order chi connectivity index (χ0) is 13.7. The van der Waals surface area contributed by atoms with Crippen molar-refractivity contribution < 1.29 is 19.1 Å². The molecule has 100 valence electrons. The molecule has 0 amide bonds. The van der Waals surface area contributed by atoms with Crippen LogP contribution >= 0.6 is 22.6 Å². The SMILES string of the molecule is CCC(C)(C)C(=O)OCCOC(=O)C(C)(C)I. The minimum absolute atomic E-state index is 0.108. The standard InChI is InChI=1S/C12H21IO4/c1-6-11(2,3)9(14)16-7-8-17-10(15)12(4,5)13/h6-8H2,1-5H3. The summed E-state index contributed by atoms with van der Waals surface area (Å²) < 4.78 is 9.47. The second-order valence-electron chi connectivity index (χ2n) is 4.98. The number of rotatable bonds is 6. The number of esters is 2. The second-order valence-corrected chi connectivity index (χ2v) is 7.68. The van der Waals surface area contributed by atoms with E-state index in [4.69, 9.17) is 9.47 Å². The number of hydrogen-bond donors (Lipinski definition) is 0. The van der Waals surface area contributed by atoms with Crippen LogP contribution < -0.4 is 0 Å². The Hall–Kier alpha value is -0.330. The van der Waals surface area contributed by atoms with Crippen molar-refractivity contribution >= 4 is 34.5 Å². The number of hydrogen-bond acceptors (Lipinski definition) is 4. The summed E-state index contributed by atoms with van der Waals surface area (Å²) in [5, 5.41) is 0. The molecule has 0 aromatic rings. The summed E-state index contributed by atoms with van der Waals surface area (Å²) in [6.45, 7) is 9.34. The Kier molecular flexibility index (Phi) is 6.43. The fourth-order valence-corrected chi connectivity index (χ4v) is 0.936. The molecule has 0 aromatic heterocycles. The van der Waals surface area contributed by atoms with E-state index in [0.717, 1.165) is 0 Å². The molecule has 0 aromatic carbocycles. The van der Waals surface area contributed by atoms with Gasteiger partial charge in [0.25, 0.3) is 0 Å². The molecule has 5 heteroatoms. The number of ether oxygens (including phenoxy) is 2. The van der Waals surface area contributed by atoms with Gasteiger partial charge < -0.3 is 9.47 Å². The molecule has 0 radical (unpaired) electrons. The highest BCUT2D eigenvalue weighted by atomic mass is 127. The Bertz CT molecular complexity index is 279. The molecule has 0 bridgehead atoms. The lowest BCUT2D eigenvalue weighted by Crippen LogP contribution is -2.30. The lowest BCUT2D eigenvalue weighted by Gasteiger charge is -2.20. The van der Waals surface area contributed by atoms with E-state index in [-0.39, 0.29) is 25.2 Å². The predicted octanol–water partition coefficient (Wildman–Crippen LogP) is 2.72. The molecule has 0 saturated carbocycles. The van der Waals surface area contributed by atoms with Crippen molar-refractivity contribution in [3.05, 3.63) is 0 Å². The fourth-order valence-electron chi connectivity index (χ4n) is 0.780. The molecule has 17 heavy (non-hydrogen) atoms. The number of alkyl halides is 1. The monoisotopic (exact) mass is 356 g/mol. The first-order valence-electron chi connectivity index (χ1n) is 5.64. The first kappa shape index (κ1) is 16.7. The minimum Gasteiger partial charge on any atom is -0.462 e. The van der Waals surface area contributed by atoms with Crippen LogP contribution in [0.3, 0.4) is 0 Å². The van der Waals surface area contributed by atoms with Crippen molar-refractivity contribution in [2.45, 2.75) is 44.5 Å². The summed E-state index contributed by atoms with van der Waals surface area (Å²) in [7, 11) is 0. The molecule has 0 heterocycles. The third kappa shape index (κ3) is 6.24. The van der Waals surface area contributed by atoms with Gasteiger partial charge in [-0.2, -0.15) is 0 Å². The van der Waals surface area contributed by atoms with Gasteiger partial charge in [-0.3, -0.25) is 9.59 Å². The van der Waals surface area contributed by atoms with E-state index in [9.17, 15) is 9.59 Å². The summed E-state index contributed by atoms with van der Waals surface area (Å²) in [6.07, 6.45) is 0.715. The van der Waals surface area contributed by atoms with E-state index in [2.05, 4.69) is 0 Å². The maximum absolute atomic E-state index is 11.6. The van der Waals surface area contributed by atoms with Crippen molar-refractivity contribution in [2.24, 2.45) is 5.41 Å². The zero-order valence-electron chi connectivity index (χ0n) is 11.1. The maximum atomic E-state index is 11.6. The molecule has 0 aliphatic rings. The van der Waals surface area contributed by atoms with E-state index in [1.54, 1.807) is 13.8 Å². The van der Waals surface area contributed by atoms with Gasteiger partial charge in [0.2, 0.25) is 0 Å². The van der Waals surface area contributed by atoms with Crippen LogP contribution in [0.2, 0.25) is 0 Å². The Labute approximate surface area is 117 Å². The van der Waals surface area contributed by atoms with E-state index in [1.165, 1.54) is 0 Å². The molecule has 0 aliphatic heterocycles. The zero-order valence-corrected chi connectivity index (χ0v) is 13.3. The first-order chi connectivity index (χ1) is 7.61. The van der Waals surface area contributed by atoms with Crippen LogP contribution in [0, 0.1) is 5.41 Å². The van der Waals surface area contributed by atoms with Crippen LogP contribution in [-0.2, 0) is 19.1 Å². The van der Waals surface area contributed by atoms with Crippen LogP contribution in [0.15, 0.2) is 0 Å². The molecule has 0 unspecified atom stereocenters. The van der Waals surface area contributed by atoms with Crippen LogP contribution in [0.25, 0.3) is 0 Å². The van der Waals surface area contributed by atoms with Crippen LogP contribution in [0.4, 0.5) is 0 Å². The Morgan fingerprint density at radius 1 is 1.00 bits per heavy atom. The number of halogens is 1. The fraction of sp³-hybridized carbons (Fsp3) is 0.833. The molecule has 0 rings (SSSR count). The first-order valence-corrected chi connectivity index (χ1v) is 6.72. The lowest BCUT2D eigenvalue weighted by atomic mass is 9.91. The highest BCUT2D eigenvalue weighted by molar-refractivity contribution is 14.1. The van der Waals surface area contributed by atoms with E-state index < -0.39 is 8.84 Å². The van der Waals surface area contributed by atoms with Crippen LogP contribution in [-0.4, -0.2) is 28.6 Å².